The van der Waals surface area contributed by atoms with Crippen molar-refractivity contribution in [1.29, 1.82) is 0 Å². The van der Waals surface area contributed by atoms with Crippen molar-refractivity contribution >= 4 is 34.3 Å². The predicted octanol–water partition coefficient (Wildman–Crippen LogP) is 4.23. The normalized spacial score (nSPS) is 18.6. The highest BCUT2D eigenvalue weighted by atomic mass is 32.2. The monoisotopic (exact) mass is 315 g/mol. The Morgan fingerprint density at radius 1 is 1.33 bits per heavy atom. The Balaban J connectivity index is 1.84. The van der Waals surface area contributed by atoms with Crippen molar-refractivity contribution in [3.05, 3.63) is 41.2 Å². The first-order valence-corrected chi connectivity index (χ1v) is 9.18. The van der Waals surface area contributed by atoms with Gasteiger partial charge in [0.1, 0.15) is 16.3 Å². The Hall–Kier alpha value is -1.33. The van der Waals surface area contributed by atoms with Crippen molar-refractivity contribution in [2.24, 2.45) is 0 Å². The average Bonchev–Trinajstić information content (AvgIpc) is 3.18. The number of nitrogens with zero attached hydrogens (tertiary/aromatic N) is 3. The number of fused-ring (bicyclic) bond motifs is 1. The van der Waals surface area contributed by atoms with Gasteiger partial charge in [-0.3, -0.25) is 4.57 Å². The Kier molecular flexibility index (Phi) is 3.47. The van der Waals surface area contributed by atoms with Crippen LogP contribution >= 0.6 is 23.1 Å². The molecule has 0 aromatic carbocycles. The van der Waals surface area contributed by atoms with Crippen molar-refractivity contribution < 1.29 is 0 Å². The molecular weight excluding hydrogens is 298 g/mol. The first kappa shape index (κ1) is 13.3. The van der Waals surface area contributed by atoms with E-state index in [1.807, 2.05) is 23.6 Å². The number of hydrogen-bond donors (Lipinski definition) is 0. The summed E-state index contributed by atoms with van der Waals surface area (Å²) >= 11 is 3.89. The molecule has 0 aliphatic carbocycles. The van der Waals surface area contributed by atoms with Crippen LogP contribution in [0.4, 0.5) is 0 Å². The SMILES string of the molecule is Cc1ccc(-n2c(CC3CCCS3)nc3cccnc32)s1. The van der Waals surface area contributed by atoms with Gasteiger partial charge in [0.2, 0.25) is 0 Å². The van der Waals surface area contributed by atoms with Gasteiger partial charge in [-0.2, -0.15) is 11.8 Å². The van der Waals surface area contributed by atoms with Crippen LogP contribution in [0.3, 0.4) is 0 Å². The van der Waals surface area contributed by atoms with E-state index >= 15 is 0 Å². The van der Waals surface area contributed by atoms with Crippen LogP contribution in [-0.4, -0.2) is 25.5 Å². The van der Waals surface area contributed by atoms with Crippen molar-refractivity contribution in [3.63, 3.8) is 0 Å². The van der Waals surface area contributed by atoms with Gasteiger partial charge >= 0.3 is 0 Å². The maximum Gasteiger partial charge on any atom is 0.165 e. The second kappa shape index (κ2) is 5.46. The third-order valence-electron chi connectivity index (χ3n) is 3.87. The highest BCUT2D eigenvalue weighted by Gasteiger charge is 2.21. The quantitative estimate of drug-likeness (QED) is 0.724. The number of imidazole rings is 1. The molecule has 1 fully saturated rings. The zero-order valence-corrected chi connectivity index (χ0v) is 13.6. The first-order valence-electron chi connectivity index (χ1n) is 7.32. The average molecular weight is 315 g/mol. The minimum Gasteiger partial charge on any atom is -0.271 e. The van der Waals surface area contributed by atoms with E-state index in [0.717, 1.165) is 23.4 Å². The largest absolute Gasteiger partial charge is 0.271 e. The molecular formula is C16H17N3S2. The molecule has 0 radical (unpaired) electrons. The molecule has 3 aromatic rings. The molecule has 1 atom stereocenters. The molecule has 4 heterocycles. The molecule has 0 N–H and O–H groups in total. The van der Waals surface area contributed by atoms with Crippen molar-refractivity contribution in [2.75, 3.05) is 5.75 Å². The van der Waals surface area contributed by atoms with Gasteiger partial charge in [0.15, 0.2) is 5.65 Å². The van der Waals surface area contributed by atoms with E-state index in [-0.39, 0.29) is 0 Å². The Morgan fingerprint density at radius 3 is 3.05 bits per heavy atom. The summed E-state index contributed by atoms with van der Waals surface area (Å²) in [7, 11) is 0. The van der Waals surface area contributed by atoms with E-state index in [1.165, 1.54) is 28.5 Å². The molecule has 0 amide bonds. The van der Waals surface area contributed by atoms with Crippen LogP contribution in [-0.2, 0) is 6.42 Å². The minimum atomic E-state index is 0.710. The lowest BCUT2D eigenvalue weighted by Gasteiger charge is -2.10. The summed E-state index contributed by atoms with van der Waals surface area (Å²) in [6, 6.07) is 8.38. The second-order valence-electron chi connectivity index (χ2n) is 5.43. The Morgan fingerprint density at radius 2 is 2.29 bits per heavy atom. The van der Waals surface area contributed by atoms with Gasteiger partial charge in [-0.1, -0.05) is 0 Å². The molecule has 21 heavy (non-hydrogen) atoms. The zero-order valence-electron chi connectivity index (χ0n) is 12.0. The van der Waals surface area contributed by atoms with Crippen LogP contribution in [0.25, 0.3) is 16.2 Å². The van der Waals surface area contributed by atoms with Gasteiger partial charge in [0, 0.05) is 22.7 Å². The van der Waals surface area contributed by atoms with Crippen LogP contribution in [0.1, 0.15) is 23.5 Å². The standard InChI is InChI=1S/C16H17N3S2/c1-11-6-7-15(21-11)19-14(10-12-4-3-9-20-12)18-13-5-2-8-17-16(13)19/h2,5-8,12H,3-4,9-10H2,1H3. The van der Waals surface area contributed by atoms with Gasteiger partial charge in [0.05, 0.1) is 0 Å². The molecule has 1 aliphatic heterocycles. The molecule has 3 aromatic heterocycles. The number of hydrogen-bond acceptors (Lipinski definition) is 4. The molecule has 1 saturated heterocycles. The summed E-state index contributed by atoms with van der Waals surface area (Å²) in [4.78, 5) is 10.7. The smallest absolute Gasteiger partial charge is 0.165 e. The topological polar surface area (TPSA) is 30.7 Å². The van der Waals surface area contributed by atoms with Crippen LogP contribution < -0.4 is 0 Å². The summed E-state index contributed by atoms with van der Waals surface area (Å²) in [5.74, 6) is 2.45. The van der Waals surface area contributed by atoms with Gasteiger partial charge in [0.25, 0.3) is 0 Å². The van der Waals surface area contributed by atoms with Crippen LogP contribution in [0.2, 0.25) is 0 Å². The molecule has 5 heteroatoms. The van der Waals surface area contributed by atoms with Crippen LogP contribution in [0, 0.1) is 6.92 Å². The van der Waals surface area contributed by atoms with E-state index < -0.39 is 0 Å². The fraction of sp³-hybridized carbons (Fsp3) is 0.375. The fourth-order valence-corrected chi connectivity index (χ4v) is 5.03. The van der Waals surface area contributed by atoms with Gasteiger partial charge in [-0.25, -0.2) is 9.97 Å². The number of rotatable bonds is 3. The van der Waals surface area contributed by atoms with Crippen molar-refractivity contribution in [3.8, 4) is 5.00 Å². The molecule has 1 aliphatic rings. The molecule has 0 saturated carbocycles. The maximum atomic E-state index is 4.86. The van der Waals surface area contributed by atoms with E-state index in [2.05, 4.69) is 46.4 Å². The maximum absolute atomic E-state index is 4.86. The summed E-state index contributed by atoms with van der Waals surface area (Å²) in [6.45, 7) is 2.15. The number of pyridine rings is 1. The van der Waals surface area contributed by atoms with Gasteiger partial charge in [-0.15, -0.1) is 11.3 Å². The van der Waals surface area contributed by atoms with E-state index in [9.17, 15) is 0 Å². The predicted molar refractivity (Wildman–Crippen MR) is 90.7 cm³/mol. The third-order valence-corrected chi connectivity index (χ3v) is 6.25. The molecule has 0 bridgehead atoms. The van der Waals surface area contributed by atoms with Gasteiger partial charge < -0.3 is 0 Å². The van der Waals surface area contributed by atoms with Crippen LogP contribution in [0.15, 0.2) is 30.5 Å². The van der Waals surface area contributed by atoms with Crippen molar-refractivity contribution in [1.82, 2.24) is 14.5 Å². The summed E-state index contributed by atoms with van der Waals surface area (Å²) in [5, 5.41) is 1.94. The van der Waals surface area contributed by atoms with E-state index in [1.54, 1.807) is 0 Å². The lowest BCUT2D eigenvalue weighted by molar-refractivity contribution is 0.739. The molecule has 4 rings (SSSR count). The third kappa shape index (κ3) is 2.49. The lowest BCUT2D eigenvalue weighted by Crippen LogP contribution is -2.08. The fourth-order valence-electron chi connectivity index (χ4n) is 2.88. The molecule has 0 spiro atoms. The van der Waals surface area contributed by atoms with Crippen LogP contribution in [0.5, 0.6) is 0 Å². The van der Waals surface area contributed by atoms with Crippen molar-refractivity contribution in [2.45, 2.75) is 31.4 Å². The molecule has 3 nitrogen and oxygen atoms in total. The van der Waals surface area contributed by atoms with E-state index in [4.69, 9.17) is 4.98 Å². The lowest BCUT2D eigenvalue weighted by atomic mass is 10.2. The Labute approximate surface area is 132 Å². The number of thioether (sulfide) groups is 1. The van der Waals surface area contributed by atoms with E-state index in [0.29, 0.717) is 5.25 Å². The summed E-state index contributed by atoms with van der Waals surface area (Å²) in [5.41, 5.74) is 1.99. The number of aromatic nitrogens is 3. The second-order valence-corrected chi connectivity index (χ2v) is 8.11. The first-order chi connectivity index (χ1) is 10.3. The highest BCUT2D eigenvalue weighted by Crippen LogP contribution is 2.32. The number of thiophene rings is 1. The Bertz CT molecular complexity index is 769. The molecule has 108 valence electrons. The highest BCUT2D eigenvalue weighted by molar-refractivity contribution is 8.00. The summed E-state index contributed by atoms with van der Waals surface area (Å²) < 4.78 is 2.26. The number of aryl methyl sites for hydroxylation is 1. The molecule has 1 unspecified atom stereocenters. The zero-order chi connectivity index (χ0) is 14.2. The summed E-state index contributed by atoms with van der Waals surface area (Å²) in [6.07, 6.45) is 5.55. The minimum absolute atomic E-state index is 0.710. The van der Waals surface area contributed by atoms with Gasteiger partial charge in [-0.05, 0) is 49.8 Å².